The predicted octanol–water partition coefficient (Wildman–Crippen LogP) is 4.70. The summed E-state index contributed by atoms with van der Waals surface area (Å²) in [5, 5.41) is 5.38. The molecule has 1 amide bonds. The van der Waals surface area contributed by atoms with Crippen molar-refractivity contribution >= 4 is 11.6 Å². The second-order valence-corrected chi connectivity index (χ2v) is 5.22. The van der Waals surface area contributed by atoms with Gasteiger partial charge in [0, 0.05) is 6.07 Å². The summed E-state index contributed by atoms with van der Waals surface area (Å²) in [5.74, 6) is -2.68. The Hall–Kier alpha value is -2.79. The summed E-state index contributed by atoms with van der Waals surface area (Å²) in [7, 11) is 0. The fraction of sp³-hybridized carbons (Fsp3) is 0.333. The molecule has 0 saturated carbocycles. The average molecular weight is 399 g/mol. The van der Waals surface area contributed by atoms with Gasteiger partial charge in [0.2, 0.25) is 5.91 Å². The SMILES string of the molecule is CC(C(=O)Nc1ccc(F)cc1OC(F)F)n1nc(C(F)F)cc1C(F)F. The van der Waals surface area contributed by atoms with Gasteiger partial charge in [0.05, 0.1) is 5.69 Å². The molecule has 1 aromatic heterocycles. The molecule has 1 aromatic carbocycles. The third-order valence-electron chi connectivity index (χ3n) is 3.39. The summed E-state index contributed by atoms with van der Waals surface area (Å²) in [6.45, 7) is -2.23. The standard InChI is InChI=1S/C15H12F7N3O2/c1-6(25-10(13(19)20)5-9(24-25)12(17)18)14(26)23-8-3-2-7(16)4-11(8)27-15(21)22/h2-6,12-13,15H,1H3,(H,23,26). The Morgan fingerprint density at radius 2 is 1.78 bits per heavy atom. The van der Waals surface area contributed by atoms with Crippen LogP contribution in [0.5, 0.6) is 5.75 Å². The lowest BCUT2D eigenvalue weighted by Gasteiger charge is -2.17. The van der Waals surface area contributed by atoms with Crippen LogP contribution in [0.25, 0.3) is 0 Å². The van der Waals surface area contributed by atoms with Crippen LogP contribution in [0.15, 0.2) is 24.3 Å². The van der Waals surface area contributed by atoms with E-state index in [0.717, 1.165) is 19.1 Å². The van der Waals surface area contributed by atoms with Crippen LogP contribution in [-0.4, -0.2) is 22.3 Å². The second kappa shape index (κ2) is 8.27. The van der Waals surface area contributed by atoms with Gasteiger partial charge in [0.1, 0.15) is 23.2 Å². The van der Waals surface area contributed by atoms with E-state index in [1.807, 2.05) is 0 Å². The molecule has 0 aliphatic heterocycles. The van der Waals surface area contributed by atoms with Gasteiger partial charge in [0.25, 0.3) is 12.9 Å². The van der Waals surface area contributed by atoms with Gasteiger partial charge in [-0.05, 0) is 25.1 Å². The molecule has 5 nitrogen and oxygen atoms in total. The van der Waals surface area contributed by atoms with E-state index in [2.05, 4.69) is 15.2 Å². The van der Waals surface area contributed by atoms with E-state index in [-0.39, 0.29) is 5.69 Å². The first-order chi connectivity index (χ1) is 12.6. The van der Waals surface area contributed by atoms with Gasteiger partial charge in [-0.15, -0.1) is 0 Å². The first-order valence-corrected chi connectivity index (χ1v) is 7.31. The smallest absolute Gasteiger partial charge is 0.387 e. The van der Waals surface area contributed by atoms with Crippen LogP contribution in [0.3, 0.4) is 0 Å². The van der Waals surface area contributed by atoms with E-state index in [9.17, 15) is 35.5 Å². The number of ether oxygens (including phenoxy) is 1. The first kappa shape index (κ1) is 20.5. The molecule has 1 N–H and O–H groups in total. The first-order valence-electron chi connectivity index (χ1n) is 7.31. The molecule has 0 radical (unpaired) electrons. The quantitative estimate of drug-likeness (QED) is 0.687. The summed E-state index contributed by atoms with van der Waals surface area (Å²) < 4.78 is 93.9. The van der Waals surface area contributed by atoms with Gasteiger partial charge < -0.3 is 10.1 Å². The molecular formula is C15H12F7N3O2. The number of nitrogens with one attached hydrogen (secondary N) is 1. The van der Waals surface area contributed by atoms with Gasteiger partial charge in [-0.1, -0.05) is 0 Å². The Balaban J connectivity index is 2.29. The predicted molar refractivity (Wildman–Crippen MR) is 78.5 cm³/mol. The minimum atomic E-state index is -3.31. The molecule has 1 unspecified atom stereocenters. The number of alkyl halides is 6. The number of benzene rings is 1. The lowest BCUT2D eigenvalue weighted by Crippen LogP contribution is -2.26. The van der Waals surface area contributed by atoms with Crippen LogP contribution in [-0.2, 0) is 4.79 Å². The molecule has 0 bridgehead atoms. The van der Waals surface area contributed by atoms with E-state index in [4.69, 9.17) is 0 Å². The van der Waals surface area contributed by atoms with Crippen LogP contribution < -0.4 is 10.1 Å². The lowest BCUT2D eigenvalue weighted by molar-refractivity contribution is -0.119. The Morgan fingerprint density at radius 1 is 1.11 bits per heavy atom. The highest BCUT2D eigenvalue weighted by molar-refractivity contribution is 5.94. The third-order valence-corrected chi connectivity index (χ3v) is 3.39. The van der Waals surface area contributed by atoms with Gasteiger partial charge in [-0.25, -0.2) is 22.0 Å². The maximum atomic E-state index is 13.2. The van der Waals surface area contributed by atoms with Crippen LogP contribution in [0.1, 0.15) is 37.2 Å². The summed E-state index contributed by atoms with van der Waals surface area (Å²) in [4.78, 5) is 12.2. The number of hydrogen-bond acceptors (Lipinski definition) is 3. The van der Waals surface area contributed by atoms with Crippen LogP contribution >= 0.6 is 0 Å². The van der Waals surface area contributed by atoms with Gasteiger partial charge in [-0.2, -0.15) is 13.9 Å². The fourth-order valence-corrected chi connectivity index (χ4v) is 2.15. The zero-order valence-electron chi connectivity index (χ0n) is 13.5. The average Bonchev–Trinajstić information content (AvgIpc) is 3.01. The molecule has 0 aliphatic carbocycles. The van der Waals surface area contributed by atoms with Crippen molar-refractivity contribution in [1.29, 1.82) is 0 Å². The number of halogens is 7. The van der Waals surface area contributed by atoms with Crippen LogP contribution in [0.4, 0.5) is 36.4 Å². The number of amides is 1. The lowest BCUT2D eigenvalue weighted by atomic mass is 10.2. The van der Waals surface area contributed by atoms with Gasteiger partial charge in [-0.3, -0.25) is 9.48 Å². The van der Waals surface area contributed by atoms with Crippen LogP contribution in [0.2, 0.25) is 0 Å². The number of nitrogens with zero attached hydrogens (tertiary/aromatic N) is 2. The fourth-order valence-electron chi connectivity index (χ4n) is 2.15. The maximum Gasteiger partial charge on any atom is 0.387 e. The topological polar surface area (TPSA) is 56.1 Å². The van der Waals surface area contributed by atoms with Crippen molar-refractivity contribution in [1.82, 2.24) is 9.78 Å². The summed E-state index contributed by atoms with van der Waals surface area (Å²) in [6, 6.07) is 1.29. The molecule has 0 aliphatic rings. The van der Waals surface area contributed by atoms with E-state index < -0.39 is 54.4 Å². The van der Waals surface area contributed by atoms with E-state index in [1.165, 1.54) is 0 Å². The number of anilines is 1. The van der Waals surface area contributed by atoms with E-state index in [1.54, 1.807) is 0 Å². The number of hydrogen-bond donors (Lipinski definition) is 1. The van der Waals surface area contributed by atoms with Crippen molar-refractivity contribution in [2.24, 2.45) is 0 Å². The van der Waals surface area contributed by atoms with Gasteiger partial charge >= 0.3 is 6.61 Å². The third kappa shape index (κ3) is 4.89. The summed E-state index contributed by atoms with van der Waals surface area (Å²) >= 11 is 0. The Labute approximate surface area is 147 Å². The highest BCUT2D eigenvalue weighted by atomic mass is 19.3. The van der Waals surface area contributed by atoms with E-state index in [0.29, 0.717) is 16.8 Å². The number of aromatic nitrogens is 2. The Bertz CT molecular complexity index is 811. The Kier molecular flexibility index (Phi) is 6.28. The van der Waals surface area contributed by atoms with Crippen molar-refractivity contribution < 1.29 is 40.3 Å². The molecule has 12 heteroatoms. The molecule has 1 atom stereocenters. The zero-order valence-corrected chi connectivity index (χ0v) is 13.5. The minimum absolute atomic E-state index is 0.367. The largest absolute Gasteiger partial charge is 0.432 e. The number of carbonyl (C=O) groups is 1. The molecule has 2 rings (SSSR count). The molecule has 0 spiro atoms. The number of carbonyl (C=O) groups excluding carboxylic acids is 1. The van der Waals surface area contributed by atoms with E-state index >= 15 is 0 Å². The van der Waals surface area contributed by atoms with Gasteiger partial charge in [0.15, 0.2) is 5.75 Å². The second-order valence-electron chi connectivity index (χ2n) is 5.22. The monoisotopic (exact) mass is 399 g/mol. The molecule has 2 aromatic rings. The van der Waals surface area contributed by atoms with Crippen molar-refractivity contribution in [2.45, 2.75) is 32.4 Å². The molecule has 27 heavy (non-hydrogen) atoms. The Morgan fingerprint density at radius 3 is 2.33 bits per heavy atom. The highest BCUT2D eigenvalue weighted by Crippen LogP contribution is 2.30. The van der Waals surface area contributed by atoms with Crippen molar-refractivity contribution in [2.75, 3.05) is 5.32 Å². The summed E-state index contributed by atoms with van der Waals surface area (Å²) in [6.07, 6.45) is -6.33. The number of rotatable bonds is 7. The maximum absolute atomic E-state index is 13.2. The molecule has 1 heterocycles. The molecule has 0 saturated heterocycles. The summed E-state index contributed by atoms with van der Waals surface area (Å²) in [5.41, 5.74) is -2.24. The minimum Gasteiger partial charge on any atom is -0.432 e. The van der Waals surface area contributed by atoms with Crippen molar-refractivity contribution in [3.05, 3.63) is 41.5 Å². The highest BCUT2D eigenvalue weighted by Gasteiger charge is 2.27. The van der Waals surface area contributed by atoms with Crippen LogP contribution in [0, 0.1) is 5.82 Å². The zero-order chi connectivity index (χ0) is 20.3. The van der Waals surface area contributed by atoms with Crippen molar-refractivity contribution in [3.8, 4) is 5.75 Å². The molecule has 148 valence electrons. The molecule has 0 fully saturated rings. The molecular weight excluding hydrogens is 387 g/mol. The normalized spacial score (nSPS) is 12.7. The van der Waals surface area contributed by atoms with Crippen molar-refractivity contribution in [3.63, 3.8) is 0 Å².